The molecule has 20 heavy (non-hydrogen) atoms. The van der Waals surface area contributed by atoms with Crippen LogP contribution in [0.25, 0.3) is 0 Å². The lowest BCUT2D eigenvalue weighted by atomic mass is 10.1. The third-order valence-corrected chi connectivity index (χ3v) is 4.21. The number of urea groups is 1. The van der Waals surface area contributed by atoms with E-state index in [0.717, 1.165) is 25.9 Å². The lowest BCUT2D eigenvalue weighted by molar-refractivity contribution is 0.168. The summed E-state index contributed by atoms with van der Waals surface area (Å²) in [4.78, 5) is 16.4. The fourth-order valence-corrected chi connectivity index (χ4v) is 2.95. The van der Waals surface area contributed by atoms with E-state index >= 15 is 0 Å². The van der Waals surface area contributed by atoms with Crippen LogP contribution in [0.5, 0.6) is 0 Å². The van der Waals surface area contributed by atoms with Gasteiger partial charge in [0.05, 0.1) is 6.61 Å². The normalized spacial score (nSPS) is 21.5. The predicted octanol–water partition coefficient (Wildman–Crippen LogP) is 1.27. The van der Waals surface area contributed by atoms with Crippen molar-refractivity contribution in [3.05, 3.63) is 0 Å². The Morgan fingerprint density at radius 2 is 2.05 bits per heavy atom. The van der Waals surface area contributed by atoms with Crippen molar-refractivity contribution in [1.29, 1.82) is 0 Å². The molecular weight excluding hydrogens is 254 g/mol. The SMILES string of the molecule is CC(CNC(=O)N(CCO)C1CC1)CN1CCCCC1. The summed E-state index contributed by atoms with van der Waals surface area (Å²) < 4.78 is 0. The molecule has 5 nitrogen and oxygen atoms in total. The van der Waals surface area contributed by atoms with Gasteiger partial charge in [-0.3, -0.25) is 0 Å². The Hall–Kier alpha value is -0.810. The molecule has 2 N–H and O–H groups in total. The van der Waals surface area contributed by atoms with Crippen LogP contribution in [-0.4, -0.2) is 66.3 Å². The Balaban J connectivity index is 1.66. The number of aliphatic hydroxyl groups is 1. The standard InChI is InChI=1S/C15H29N3O2/c1-13(12-17-7-3-2-4-8-17)11-16-15(20)18(9-10-19)14-5-6-14/h13-14,19H,2-12H2,1H3,(H,16,20). The molecule has 0 bridgehead atoms. The highest BCUT2D eigenvalue weighted by atomic mass is 16.3. The number of nitrogens with one attached hydrogen (secondary N) is 1. The van der Waals surface area contributed by atoms with E-state index in [4.69, 9.17) is 5.11 Å². The number of rotatable bonds is 7. The Labute approximate surface area is 122 Å². The molecule has 0 radical (unpaired) electrons. The van der Waals surface area contributed by atoms with Gasteiger partial charge >= 0.3 is 6.03 Å². The molecular formula is C15H29N3O2. The molecule has 2 amide bonds. The number of piperidine rings is 1. The minimum absolute atomic E-state index is 0.00737. The van der Waals surface area contributed by atoms with Crippen LogP contribution >= 0.6 is 0 Å². The molecule has 1 aliphatic heterocycles. The molecule has 0 aromatic rings. The van der Waals surface area contributed by atoms with Gasteiger partial charge in [-0.25, -0.2) is 4.79 Å². The van der Waals surface area contributed by atoms with Crippen molar-refractivity contribution in [2.24, 2.45) is 5.92 Å². The molecule has 2 fully saturated rings. The van der Waals surface area contributed by atoms with Gasteiger partial charge in [0.1, 0.15) is 0 Å². The number of amides is 2. The maximum absolute atomic E-state index is 12.1. The van der Waals surface area contributed by atoms with Gasteiger partial charge in [-0.2, -0.15) is 0 Å². The van der Waals surface area contributed by atoms with Crippen molar-refractivity contribution in [1.82, 2.24) is 15.1 Å². The second-order valence-electron chi connectivity index (χ2n) is 6.30. The lowest BCUT2D eigenvalue weighted by Crippen LogP contribution is -2.45. The summed E-state index contributed by atoms with van der Waals surface area (Å²) in [6, 6.07) is 0.353. The average molecular weight is 283 g/mol. The second kappa shape index (κ2) is 7.84. The highest BCUT2D eigenvalue weighted by molar-refractivity contribution is 5.74. The molecule has 2 rings (SSSR count). The van der Waals surface area contributed by atoms with Crippen molar-refractivity contribution >= 4 is 6.03 Å². The third kappa shape index (κ3) is 4.94. The third-order valence-electron chi connectivity index (χ3n) is 4.21. The Morgan fingerprint density at radius 3 is 2.65 bits per heavy atom. The van der Waals surface area contributed by atoms with E-state index in [-0.39, 0.29) is 12.6 Å². The molecule has 1 heterocycles. The number of likely N-dealkylation sites (tertiary alicyclic amines) is 1. The quantitative estimate of drug-likeness (QED) is 0.740. The van der Waals surface area contributed by atoms with Gasteiger partial charge in [0.2, 0.25) is 0 Å². The van der Waals surface area contributed by atoms with Crippen LogP contribution in [0.3, 0.4) is 0 Å². The lowest BCUT2D eigenvalue weighted by Gasteiger charge is -2.29. The van der Waals surface area contributed by atoms with E-state index in [1.807, 2.05) is 0 Å². The minimum Gasteiger partial charge on any atom is -0.395 e. The average Bonchev–Trinajstić information content (AvgIpc) is 3.28. The molecule has 116 valence electrons. The van der Waals surface area contributed by atoms with E-state index < -0.39 is 0 Å². The molecule has 1 unspecified atom stereocenters. The highest BCUT2D eigenvalue weighted by Gasteiger charge is 2.32. The molecule has 0 aromatic carbocycles. The second-order valence-corrected chi connectivity index (χ2v) is 6.30. The van der Waals surface area contributed by atoms with Crippen molar-refractivity contribution < 1.29 is 9.90 Å². The number of hydrogen-bond acceptors (Lipinski definition) is 3. The van der Waals surface area contributed by atoms with Gasteiger partial charge in [-0.05, 0) is 44.7 Å². The molecule has 1 aliphatic carbocycles. The maximum atomic E-state index is 12.1. The Bertz CT molecular complexity index is 301. The summed E-state index contributed by atoms with van der Waals surface area (Å²) in [5, 5.41) is 12.1. The van der Waals surface area contributed by atoms with E-state index in [1.54, 1.807) is 4.90 Å². The molecule has 2 aliphatic rings. The largest absolute Gasteiger partial charge is 0.395 e. The summed E-state index contributed by atoms with van der Waals surface area (Å²) in [6.07, 6.45) is 6.14. The van der Waals surface area contributed by atoms with Gasteiger partial charge < -0.3 is 20.2 Å². The van der Waals surface area contributed by atoms with Crippen molar-refractivity contribution in [3.63, 3.8) is 0 Å². The van der Waals surface area contributed by atoms with Crippen LogP contribution < -0.4 is 5.32 Å². The summed E-state index contributed by atoms with van der Waals surface area (Å²) in [5.41, 5.74) is 0. The van der Waals surface area contributed by atoms with Crippen LogP contribution in [0.15, 0.2) is 0 Å². The molecule has 1 saturated carbocycles. The maximum Gasteiger partial charge on any atom is 0.317 e. The summed E-state index contributed by atoms with van der Waals surface area (Å²) in [7, 11) is 0. The number of carbonyl (C=O) groups is 1. The number of carbonyl (C=O) groups excluding carboxylic acids is 1. The number of hydrogen-bond donors (Lipinski definition) is 2. The predicted molar refractivity (Wildman–Crippen MR) is 79.7 cm³/mol. The van der Waals surface area contributed by atoms with Gasteiger partial charge in [0.15, 0.2) is 0 Å². The van der Waals surface area contributed by atoms with Crippen LogP contribution in [0.2, 0.25) is 0 Å². The fourth-order valence-electron chi connectivity index (χ4n) is 2.95. The van der Waals surface area contributed by atoms with E-state index in [1.165, 1.54) is 32.4 Å². The first-order valence-corrected chi connectivity index (χ1v) is 8.08. The van der Waals surface area contributed by atoms with Crippen molar-refractivity contribution in [2.75, 3.05) is 39.3 Å². The molecule has 1 saturated heterocycles. The Morgan fingerprint density at radius 1 is 1.35 bits per heavy atom. The van der Waals surface area contributed by atoms with Crippen LogP contribution in [0.1, 0.15) is 39.0 Å². The highest BCUT2D eigenvalue weighted by Crippen LogP contribution is 2.26. The van der Waals surface area contributed by atoms with Gasteiger partial charge in [-0.1, -0.05) is 13.3 Å². The zero-order valence-corrected chi connectivity index (χ0v) is 12.7. The van der Waals surface area contributed by atoms with E-state index in [2.05, 4.69) is 17.1 Å². The number of aliphatic hydroxyl groups excluding tert-OH is 1. The minimum atomic E-state index is -0.00737. The fraction of sp³-hybridized carbons (Fsp3) is 0.933. The zero-order chi connectivity index (χ0) is 14.4. The van der Waals surface area contributed by atoms with Crippen LogP contribution in [0.4, 0.5) is 4.79 Å². The summed E-state index contributed by atoms with van der Waals surface area (Å²) in [5.74, 6) is 0.479. The molecule has 5 heteroatoms. The molecule has 1 atom stereocenters. The number of nitrogens with zero attached hydrogens (tertiary/aromatic N) is 2. The van der Waals surface area contributed by atoms with E-state index in [9.17, 15) is 4.79 Å². The topological polar surface area (TPSA) is 55.8 Å². The molecule has 0 aromatic heterocycles. The summed E-state index contributed by atoms with van der Waals surface area (Å²) in [6.45, 7) is 6.91. The van der Waals surface area contributed by atoms with Gasteiger partial charge in [0.25, 0.3) is 0 Å². The first-order chi connectivity index (χ1) is 9.70. The van der Waals surface area contributed by atoms with Gasteiger partial charge in [0, 0.05) is 25.7 Å². The van der Waals surface area contributed by atoms with E-state index in [0.29, 0.717) is 18.5 Å². The van der Waals surface area contributed by atoms with Crippen LogP contribution in [-0.2, 0) is 0 Å². The summed E-state index contributed by atoms with van der Waals surface area (Å²) >= 11 is 0. The van der Waals surface area contributed by atoms with Crippen LogP contribution in [0, 0.1) is 5.92 Å². The van der Waals surface area contributed by atoms with Crippen molar-refractivity contribution in [3.8, 4) is 0 Å². The van der Waals surface area contributed by atoms with Gasteiger partial charge in [-0.15, -0.1) is 0 Å². The molecule has 0 spiro atoms. The smallest absolute Gasteiger partial charge is 0.317 e. The zero-order valence-electron chi connectivity index (χ0n) is 12.7. The van der Waals surface area contributed by atoms with Crippen molar-refractivity contribution in [2.45, 2.75) is 45.1 Å². The monoisotopic (exact) mass is 283 g/mol. The Kier molecular flexibility index (Phi) is 6.10. The first kappa shape index (κ1) is 15.6. The first-order valence-electron chi connectivity index (χ1n) is 8.08.